The molecule has 0 atom stereocenters. The molecule has 0 aromatic heterocycles. The van der Waals surface area contributed by atoms with Crippen molar-refractivity contribution in [1.29, 1.82) is 0 Å². The first-order chi connectivity index (χ1) is 13.9. The Hall–Kier alpha value is -1.53. The third-order valence-corrected chi connectivity index (χ3v) is 5.22. The Morgan fingerprint density at radius 1 is 0.759 bits per heavy atom. The van der Waals surface area contributed by atoms with Crippen molar-refractivity contribution >= 4 is 5.97 Å². The summed E-state index contributed by atoms with van der Waals surface area (Å²) < 4.78 is 0.336. The molecule has 170 valence electrons. The number of allylic oxidation sites excluding steroid dienone is 2. The van der Waals surface area contributed by atoms with Gasteiger partial charge in [-0.2, -0.15) is 0 Å². The first kappa shape index (κ1) is 27.5. The number of aliphatic carboxylic acids is 1. The molecule has 0 bridgehead atoms. The van der Waals surface area contributed by atoms with E-state index in [1.165, 1.54) is 0 Å². The molecule has 0 aliphatic rings. The van der Waals surface area contributed by atoms with Gasteiger partial charge in [0.2, 0.25) is 0 Å². The number of unbranched alkanes of at least 4 members (excludes halogenated alkanes) is 7. The average molecular weight is 415 g/mol. The molecule has 0 saturated carbocycles. The third-order valence-electron chi connectivity index (χ3n) is 5.22. The van der Waals surface area contributed by atoms with Crippen LogP contribution in [-0.2, 0) is 4.79 Å². The van der Waals surface area contributed by atoms with Crippen LogP contribution in [0.2, 0.25) is 0 Å². The fourth-order valence-electron chi connectivity index (χ4n) is 3.56. The van der Waals surface area contributed by atoms with Crippen LogP contribution in [-0.4, -0.2) is 63.7 Å². The summed E-state index contributed by atoms with van der Waals surface area (Å²) in [5, 5.41) is 39.5. The fourth-order valence-corrected chi connectivity index (χ4v) is 3.56. The van der Waals surface area contributed by atoms with Gasteiger partial charge in [-0.05, 0) is 50.7 Å². The molecule has 29 heavy (non-hydrogen) atoms. The highest BCUT2D eigenvalue weighted by Crippen LogP contribution is 2.18. The van der Waals surface area contributed by atoms with Crippen molar-refractivity contribution in [3.8, 4) is 0 Å². The molecular formula is C23H44NO5+. The summed E-state index contributed by atoms with van der Waals surface area (Å²) in [6.07, 6.45) is 13.2. The highest BCUT2D eigenvalue weighted by Gasteiger charge is 2.29. The van der Waals surface area contributed by atoms with Crippen LogP contribution in [0.3, 0.4) is 0 Å². The topological polar surface area (TPSA) is 98.0 Å². The number of hydrogen-bond donors (Lipinski definition) is 4. The van der Waals surface area contributed by atoms with Crippen LogP contribution in [0, 0.1) is 0 Å². The Morgan fingerprint density at radius 3 is 1.69 bits per heavy atom. The van der Waals surface area contributed by atoms with E-state index < -0.39 is 5.97 Å². The average Bonchev–Trinajstić information content (AvgIpc) is 2.66. The quantitative estimate of drug-likeness (QED) is 0.134. The maximum Gasteiger partial charge on any atom is 0.303 e. The molecule has 0 fully saturated rings. The first-order valence-corrected chi connectivity index (χ1v) is 11.3. The zero-order valence-electron chi connectivity index (χ0n) is 18.6. The summed E-state index contributed by atoms with van der Waals surface area (Å²) in [5.74, 6) is -0.249. The number of aliphatic hydroxyl groups is 3. The van der Waals surface area contributed by atoms with Crippen molar-refractivity contribution in [2.75, 3.05) is 32.8 Å². The predicted octanol–water partition coefficient (Wildman–Crippen LogP) is 5.09. The lowest BCUT2D eigenvalue weighted by molar-refractivity contribution is -0.922. The van der Waals surface area contributed by atoms with E-state index in [1.807, 2.05) is 12.2 Å². The summed E-state index contributed by atoms with van der Waals surface area (Å²) in [6.45, 7) is 5.92. The number of carboxylic acid groups (broad SMARTS) is 1. The number of nitrogens with zero attached hydrogens (tertiary/aromatic N) is 1. The minimum Gasteiger partial charge on any atom is -0.507 e. The van der Waals surface area contributed by atoms with Crippen LogP contribution in [0.1, 0.15) is 84.5 Å². The maximum absolute atomic E-state index is 10.8. The van der Waals surface area contributed by atoms with E-state index in [9.17, 15) is 20.1 Å². The Bertz CT molecular complexity index is 460. The van der Waals surface area contributed by atoms with E-state index in [2.05, 4.69) is 13.8 Å². The molecule has 0 aromatic rings. The molecule has 0 heterocycles. The van der Waals surface area contributed by atoms with Crippen LogP contribution in [0.15, 0.2) is 23.7 Å². The van der Waals surface area contributed by atoms with Gasteiger partial charge >= 0.3 is 5.97 Å². The molecule has 0 aliphatic carbocycles. The Labute approximate surface area is 177 Å². The summed E-state index contributed by atoms with van der Waals surface area (Å²) in [7, 11) is 0. The van der Waals surface area contributed by atoms with Crippen molar-refractivity contribution in [3.63, 3.8) is 0 Å². The minimum atomic E-state index is -0.817. The molecule has 0 spiro atoms. The van der Waals surface area contributed by atoms with Crippen LogP contribution in [0.4, 0.5) is 0 Å². The summed E-state index contributed by atoms with van der Waals surface area (Å²) in [4.78, 5) is 10.8. The van der Waals surface area contributed by atoms with Crippen LogP contribution in [0.25, 0.3) is 0 Å². The Balaban J connectivity index is 5.16. The van der Waals surface area contributed by atoms with Crippen molar-refractivity contribution < 1.29 is 29.7 Å². The molecule has 6 nitrogen and oxygen atoms in total. The SMILES string of the molecule is CCCCC/C=C(\O)C[N+](CCO)(CCCCC(=O)O)C/C(O)=C/CCCCC. The number of rotatable bonds is 19. The van der Waals surface area contributed by atoms with E-state index in [0.29, 0.717) is 43.5 Å². The van der Waals surface area contributed by atoms with Gasteiger partial charge in [-0.15, -0.1) is 0 Å². The molecule has 0 amide bonds. The summed E-state index contributed by atoms with van der Waals surface area (Å²) in [6, 6.07) is 0. The van der Waals surface area contributed by atoms with Crippen molar-refractivity contribution in [2.45, 2.75) is 84.5 Å². The third kappa shape index (κ3) is 15.0. The highest BCUT2D eigenvalue weighted by molar-refractivity contribution is 5.66. The molecule has 0 aromatic carbocycles. The van der Waals surface area contributed by atoms with E-state index in [-0.39, 0.29) is 24.5 Å². The number of aliphatic hydroxyl groups excluding tert-OH is 3. The monoisotopic (exact) mass is 414 g/mol. The van der Waals surface area contributed by atoms with Crippen LogP contribution < -0.4 is 0 Å². The van der Waals surface area contributed by atoms with Crippen LogP contribution in [0.5, 0.6) is 0 Å². The lowest BCUT2D eigenvalue weighted by Gasteiger charge is -2.38. The predicted molar refractivity (Wildman–Crippen MR) is 118 cm³/mol. The largest absolute Gasteiger partial charge is 0.507 e. The van der Waals surface area contributed by atoms with Crippen molar-refractivity contribution in [3.05, 3.63) is 23.7 Å². The standard InChI is InChI=1S/C23H43NO5/c1-3-5-7-9-13-21(26)19-24(17-18-25,16-12-11-15-23(28)29)20-22(27)14-10-8-6-4-2/h13-14,25H,3-12,15-20H2,1-2H3,(H2-,26,27,28,29)/p+1/b21-13-,22-14-. The molecule has 0 unspecified atom stereocenters. The maximum atomic E-state index is 10.8. The zero-order chi connectivity index (χ0) is 22.0. The van der Waals surface area contributed by atoms with Crippen molar-refractivity contribution in [1.82, 2.24) is 0 Å². The minimum absolute atomic E-state index is 0.0504. The summed E-state index contributed by atoms with van der Waals surface area (Å²) in [5.41, 5.74) is 0. The van der Waals surface area contributed by atoms with Gasteiger partial charge in [0.25, 0.3) is 0 Å². The van der Waals surface area contributed by atoms with Crippen molar-refractivity contribution in [2.24, 2.45) is 0 Å². The van der Waals surface area contributed by atoms with Gasteiger partial charge < -0.3 is 24.9 Å². The second-order valence-electron chi connectivity index (χ2n) is 8.06. The molecule has 0 radical (unpaired) electrons. The normalized spacial score (nSPS) is 14.7. The van der Waals surface area contributed by atoms with E-state index in [4.69, 9.17) is 5.11 Å². The second-order valence-corrected chi connectivity index (χ2v) is 8.06. The van der Waals surface area contributed by atoms with E-state index in [0.717, 1.165) is 51.4 Å². The number of hydrogen-bond acceptors (Lipinski definition) is 4. The Kier molecular flexibility index (Phi) is 16.4. The van der Waals surface area contributed by atoms with E-state index in [1.54, 1.807) is 0 Å². The van der Waals surface area contributed by atoms with Crippen LogP contribution >= 0.6 is 0 Å². The number of quaternary nitrogens is 1. The van der Waals surface area contributed by atoms with Gasteiger partial charge in [-0.25, -0.2) is 0 Å². The highest BCUT2D eigenvalue weighted by atomic mass is 16.4. The molecule has 0 saturated heterocycles. The number of carboxylic acids is 1. The Morgan fingerprint density at radius 2 is 1.28 bits per heavy atom. The van der Waals surface area contributed by atoms with Gasteiger partial charge in [-0.1, -0.05) is 39.5 Å². The van der Waals surface area contributed by atoms with E-state index >= 15 is 0 Å². The summed E-state index contributed by atoms with van der Waals surface area (Å²) >= 11 is 0. The first-order valence-electron chi connectivity index (χ1n) is 11.3. The fraction of sp³-hybridized carbons (Fsp3) is 0.783. The van der Waals surface area contributed by atoms with Gasteiger partial charge in [0, 0.05) is 6.42 Å². The molecular weight excluding hydrogens is 370 g/mol. The van der Waals surface area contributed by atoms with Gasteiger partial charge in [0.15, 0.2) is 0 Å². The van der Waals surface area contributed by atoms with Gasteiger partial charge in [0.05, 0.1) is 13.2 Å². The second kappa shape index (κ2) is 17.3. The zero-order valence-corrected chi connectivity index (χ0v) is 18.6. The number of carbonyl (C=O) groups is 1. The molecule has 6 heteroatoms. The molecule has 0 rings (SSSR count). The van der Waals surface area contributed by atoms with Gasteiger partial charge in [0.1, 0.15) is 31.2 Å². The lowest BCUT2D eigenvalue weighted by Crippen LogP contribution is -2.53. The lowest BCUT2D eigenvalue weighted by atomic mass is 10.1. The molecule has 4 N–H and O–H groups in total. The van der Waals surface area contributed by atoms with Gasteiger partial charge in [-0.3, -0.25) is 4.79 Å². The molecule has 0 aliphatic heterocycles. The smallest absolute Gasteiger partial charge is 0.303 e.